The van der Waals surface area contributed by atoms with E-state index < -0.39 is 17.6 Å². The van der Waals surface area contributed by atoms with Gasteiger partial charge >= 0.3 is 6.18 Å². The minimum Gasteiger partial charge on any atom is -0.353 e. The highest BCUT2D eigenvalue weighted by Crippen LogP contribution is 2.40. The Morgan fingerprint density at radius 2 is 2.12 bits per heavy atom. The Bertz CT molecular complexity index is 440. The Kier molecular flexibility index (Phi) is 2.65. The third kappa shape index (κ3) is 1.61. The van der Waals surface area contributed by atoms with Gasteiger partial charge in [0.05, 0.1) is 5.69 Å². The van der Waals surface area contributed by atoms with E-state index in [0.717, 1.165) is 0 Å². The first-order valence-electron chi connectivity index (χ1n) is 5.11. The third-order valence-electron chi connectivity index (χ3n) is 2.89. The van der Waals surface area contributed by atoms with Crippen LogP contribution < -0.4 is 10.6 Å². The molecule has 4 nitrogen and oxygen atoms in total. The van der Waals surface area contributed by atoms with Gasteiger partial charge in [0.25, 0.3) is 5.91 Å². The fraction of sp³-hybridized carbons (Fsp3) is 0.500. The van der Waals surface area contributed by atoms with Gasteiger partial charge in [0.15, 0.2) is 0 Å². The van der Waals surface area contributed by atoms with Crippen LogP contribution in [0.2, 0.25) is 0 Å². The van der Waals surface area contributed by atoms with Gasteiger partial charge in [-0.05, 0) is 12.1 Å². The van der Waals surface area contributed by atoms with Gasteiger partial charge in [0.2, 0.25) is 5.54 Å². The lowest BCUT2D eigenvalue weighted by Crippen LogP contribution is -2.68. The molecule has 2 N–H and O–H groups in total. The minimum absolute atomic E-state index is 0.0798. The van der Waals surface area contributed by atoms with Crippen LogP contribution in [0.25, 0.3) is 0 Å². The Balaban J connectivity index is 2.59. The van der Waals surface area contributed by atoms with Crippen molar-refractivity contribution in [1.29, 1.82) is 0 Å². The Morgan fingerprint density at radius 1 is 1.41 bits per heavy atom. The van der Waals surface area contributed by atoms with Crippen molar-refractivity contribution in [3.8, 4) is 0 Å². The van der Waals surface area contributed by atoms with Crippen LogP contribution in [0, 0.1) is 0 Å². The molecule has 1 fully saturated rings. The van der Waals surface area contributed by atoms with E-state index in [0.29, 0.717) is 0 Å². The molecule has 1 aromatic rings. The van der Waals surface area contributed by atoms with Gasteiger partial charge in [-0.25, -0.2) is 0 Å². The molecule has 1 aliphatic heterocycles. The lowest BCUT2D eigenvalue weighted by molar-refractivity contribution is -0.207. The molecule has 0 unspecified atom stereocenters. The first-order chi connectivity index (χ1) is 7.89. The smallest absolute Gasteiger partial charge is 0.353 e. The van der Waals surface area contributed by atoms with E-state index in [1.54, 1.807) is 0 Å². The fourth-order valence-corrected chi connectivity index (χ4v) is 2.07. The number of hydrogen-bond acceptors (Lipinski definition) is 2. The van der Waals surface area contributed by atoms with Crippen LogP contribution >= 0.6 is 0 Å². The maximum atomic E-state index is 13.3. The number of aryl methyl sites for hydroxylation is 1. The largest absolute Gasteiger partial charge is 0.421 e. The van der Waals surface area contributed by atoms with Gasteiger partial charge in [-0.15, -0.1) is 0 Å². The van der Waals surface area contributed by atoms with Crippen LogP contribution in [0.5, 0.6) is 0 Å². The topological polar surface area (TPSA) is 46.1 Å². The summed E-state index contributed by atoms with van der Waals surface area (Å²) in [6.45, 7) is 0.275. The number of piperazine rings is 1. The molecule has 0 radical (unpaired) electrons. The highest BCUT2D eigenvalue weighted by atomic mass is 19.4. The molecule has 1 atom stereocenters. The van der Waals surface area contributed by atoms with Crippen molar-refractivity contribution in [1.82, 2.24) is 15.2 Å². The number of nitrogens with zero attached hydrogens (tertiary/aromatic N) is 1. The number of alkyl halides is 3. The van der Waals surface area contributed by atoms with Crippen LogP contribution in [0.4, 0.5) is 13.2 Å². The second-order valence-electron chi connectivity index (χ2n) is 3.93. The van der Waals surface area contributed by atoms with Gasteiger partial charge < -0.3 is 9.88 Å². The molecule has 2 rings (SSSR count). The highest BCUT2D eigenvalue weighted by molar-refractivity contribution is 5.89. The van der Waals surface area contributed by atoms with Crippen molar-refractivity contribution >= 4 is 5.91 Å². The Morgan fingerprint density at radius 3 is 2.59 bits per heavy atom. The number of halogens is 3. The second kappa shape index (κ2) is 3.76. The van der Waals surface area contributed by atoms with Crippen molar-refractivity contribution in [3.05, 3.63) is 24.0 Å². The van der Waals surface area contributed by atoms with Crippen molar-refractivity contribution in [2.75, 3.05) is 13.1 Å². The summed E-state index contributed by atoms with van der Waals surface area (Å²) < 4.78 is 41.1. The molecule has 0 aliphatic carbocycles. The summed E-state index contributed by atoms with van der Waals surface area (Å²) in [6.07, 6.45) is -3.21. The normalized spacial score (nSPS) is 25.8. The van der Waals surface area contributed by atoms with Crippen molar-refractivity contribution in [2.45, 2.75) is 11.7 Å². The van der Waals surface area contributed by atoms with Crippen LogP contribution in [-0.2, 0) is 17.4 Å². The van der Waals surface area contributed by atoms with Gasteiger partial charge in [-0.2, -0.15) is 13.2 Å². The summed E-state index contributed by atoms with van der Waals surface area (Å²) in [5, 5.41) is 4.57. The quantitative estimate of drug-likeness (QED) is 0.759. The number of amides is 1. The number of carbonyl (C=O) groups excluding carboxylic acids is 1. The molecule has 2 heterocycles. The summed E-state index contributed by atoms with van der Waals surface area (Å²) in [7, 11) is 1.48. The fourth-order valence-electron chi connectivity index (χ4n) is 2.07. The lowest BCUT2D eigenvalue weighted by atomic mass is 9.91. The second-order valence-corrected chi connectivity index (χ2v) is 3.93. The van der Waals surface area contributed by atoms with Gasteiger partial charge in [0, 0.05) is 26.3 Å². The van der Waals surface area contributed by atoms with E-state index in [-0.39, 0.29) is 18.8 Å². The van der Waals surface area contributed by atoms with Gasteiger partial charge in [-0.3, -0.25) is 10.1 Å². The van der Waals surface area contributed by atoms with E-state index >= 15 is 0 Å². The summed E-state index contributed by atoms with van der Waals surface area (Å²) in [4.78, 5) is 11.7. The molecule has 94 valence electrons. The predicted molar refractivity (Wildman–Crippen MR) is 54.2 cm³/mol. The summed E-state index contributed by atoms with van der Waals surface area (Å²) in [5.41, 5.74) is -2.76. The number of carbonyl (C=O) groups is 1. The van der Waals surface area contributed by atoms with E-state index in [4.69, 9.17) is 0 Å². The molecule has 0 bridgehead atoms. The van der Waals surface area contributed by atoms with Crippen LogP contribution in [-0.4, -0.2) is 29.7 Å². The van der Waals surface area contributed by atoms with E-state index in [1.165, 1.54) is 29.9 Å². The van der Waals surface area contributed by atoms with Crippen molar-refractivity contribution < 1.29 is 18.0 Å². The molecule has 7 heteroatoms. The lowest BCUT2D eigenvalue weighted by Gasteiger charge is -2.38. The standard InChI is InChI=1S/C10H12F3N3O/c1-16-6-2-3-7(16)9(10(11,12)13)8(17)14-4-5-15-9/h2-3,6,15H,4-5H2,1H3,(H,14,17)/t9-/m0/s1. The zero-order valence-electron chi connectivity index (χ0n) is 9.14. The number of rotatable bonds is 1. The summed E-state index contributed by atoms with van der Waals surface area (Å²) >= 11 is 0. The van der Waals surface area contributed by atoms with E-state index in [9.17, 15) is 18.0 Å². The first kappa shape index (κ1) is 12.0. The molecular weight excluding hydrogens is 235 g/mol. The number of nitrogens with one attached hydrogen (secondary N) is 2. The average molecular weight is 247 g/mol. The van der Waals surface area contributed by atoms with Crippen LogP contribution in [0.3, 0.4) is 0 Å². The number of hydrogen-bond donors (Lipinski definition) is 2. The summed E-state index contributed by atoms with van der Waals surface area (Å²) in [6, 6.07) is 2.78. The molecule has 1 aromatic heterocycles. The van der Waals surface area contributed by atoms with Crippen molar-refractivity contribution in [3.63, 3.8) is 0 Å². The average Bonchev–Trinajstić information content (AvgIpc) is 2.64. The van der Waals surface area contributed by atoms with E-state index in [2.05, 4.69) is 10.6 Å². The maximum Gasteiger partial charge on any atom is 0.421 e. The summed E-state index contributed by atoms with van der Waals surface area (Å²) in [5.74, 6) is -1.06. The van der Waals surface area contributed by atoms with Gasteiger partial charge in [0.1, 0.15) is 0 Å². The zero-order chi connectivity index (χ0) is 12.7. The van der Waals surface area contributed by atoms with E-state index in [1.807, 2.05) is 0 Å². The molecule has 0 spiro atoms. The SMILES string of the molecule is Cn1cccc1[C@]1(C(F)(F)F)NCCNC1=O. The Labute approximate surface area is 95.8 Å². The maximum absolute atomic E-state index is 13.3. The Hall–Kier alpha value is -1.50. The molecule has 1 saturated heterocycles. The molecular formula is C10H12F3N3O. The molecule has 0 saturated carbocycles. The highest BCUT2D eigenvalue weighted by Gasteiger charge is 2.63. The monoisotopic (exact) mass is 247 g/mol. The van der Waals surface area contributed by atoms with Crippen molar-refractivity contribution in [2.24, 2.45) is 7.05 Å². The van der Waals surface area contributed by atoms with Gasteiger partial charge in [-0.1, -0.05) is 0 Å². The van der Waals surface area contributed by atoms with Crippen LogP contribution in [0.1, 0.15) is 5.69 Å². The molecule has 0 aromatic carbocycles. The zero-order valence-corrected chi connectivity index (χ0v) is 9.14. The minimum atomic E-state index is -4.69. The first-order valence-corrected chi connectivity index (χ1v) is 5.11. The molecule has 1 aliphatic rings. The predicted octanol–water partition coefficient (Wildman–Crippen LogP) is 0.502. The third-order valence-corrected chi connectivity index (χ3v) is 2.89. The van der Waals surface area contributed by atoms with Crippen LogP contribution in [0.15, 0.2) is 18.3 Å². The number of aromatic nitrogens is 1. The molecule has 17 heavy (non-hydrogen) atoms. The molecule has 1 amide bonds.